The Kier molecular flexibility index (Phi) is 10.5. The number of hydrogen-bond acceptors (Lipinski definition) is 10. The standard InChI is InChI=1S/C30H46N4O7SSi/c1-21(40-42(6,35)36)14-16-37-22(2)20-39-27-19-31-18-25(32-27)29-24-17-23(41-43(7,8)30(3,4)5)12-13-26(24)34(33-29)28-11-9-10-15-38-28/h12-13,17-19,21-22,28H,9-11,14-16,20H2,1-8H3/t21-,22+,28?/m1/s1. The highest BCUT2D eigenvalue weighted by molar-refractivity contribution is 7.86. The van der Waals surface area contributed by atoms with Crippen molar-refractivity contribution in [2.45, 2.75) is 96.9 Å². The fraction of sp³-hybridized carbons (Fsp3) is 0.633. The van der Waals surface area contributed by atoms with Crippen LogP contribution in [0.4, 0.5) is 0 Å². The second kappa shape index (κ2) is 13.6. The van der Waals surface area contributed by atoms with Gasteiger partial charge in [-0.05, 0) is 75.9 Å². The number of nitrogens with zero attached hydrogens (tertiary/aromatic N) is 4. The van der Waals surface area contributed by atoms with E-state index in [1.165, 1.54) is 0 Å². The number of fused-ring (bicyclic) bond motifs is 1. The first-order valence-electron chi connectivity index (χ1n) is 14.9. The maximum absolute atomic E-state index is 11.3. The van der Waals surface area contributed by atoms with E-state index in [9.17, 15) is 8.42 Å². The van der Waals surface area contributed by atoms with Gasteiger partial charge in [0.2, 0.25) is 14.2 Å². The van der Waals surface area contributed by atoms with E-state index in [1.807, 2.05) is 17.7 Å². The molecule has 2 aromatic heterocycles. The summed E-state index contributed by atoms with van der Waals surface area (Å²) in [5, 5.41) is 5.97. The normalized spacial score (nSPS) is 18.0. The van der Waals surface area contributed by atoms with Crippen LogP contribution in [0.2, 0.25) is 18.1 Å². The molecule has 0 spiro atoms. The zero-order valence-corrected chi connectivity index (χ0v) is 28.4. The quantitative estimate of drug-likeness (QED) is 0.161. The summed E-state index contributed by atoms with van der Waals surface area (Å²) in [6.07, 6.45) is 6.88. The summed E-state index contributed by atoms with van der Waals surface area (Å²) in [7, 11) is -5.56. The van der Waals surface area contributed by atoms with E-state index in [0.29, 0.717) is 36.9 Å². The molecule has 3 aromatic rings. The lowest BCUT2D eigenvalue weighted by Gasteiger charge is -2.36. The van der Waals surface area contributed by atoms with Gasteiger partial charge in [-0.15, -0.1) is 0 Å². The molecule has 1 aromatic carbocycles. The van der Waals surface area contributed by atoms with Crippen molar-refractivity contribution in [1.29, 1.82) is 0 Å². The molecular formula is C30H46N4O7SSi. The predicted octanol–water partition coefficient (Wildman–Crippen LogP) is 6.12. The van der Waals surface area contributed by atoms with Crippen LogP contribution in [0.1, 0.15) is 66.5 Å². The van der Waals surface area contributed by atoms with E-state index in [-0.39, 0.29) is 24.0 Å². The zero-order chi connectivity index (χ0) is 31.4. The molecule has 0 aliphatic carbocycles. The summed E-state index contributed by atoms with van der Waals surface area (Å²) in [6.45, 7) is 16.0. The van der Waals surface area contributed by atoms with Gasteiger partial charge in [-0.1, -0.05) is 20.8 Å². The minimum atomic E-state index is -3.50. The van der Waals surface area contributed by atoms with E-state index in [0.717, 1.165) is 42.2 Å². The summed E-state index contributed by atoms with van der Waals surface area (Å²) < 4.78 is 53.9. The SMILES string of the molecule is C[C@H](CCO[C@@H](C)COc1cncc(-c2nn(C3CCCCO3)c3ccc(O[Si](C)(C)C(C)(C)C)cc23)n1)OS(C)(=O)=O. The van der Waals surface area contributed by atoms with Gasteiger partial charge in [-0.2, -0.15) is 13.5 Å². The van der Waals surface area contributed by atoms with Crippen LogP contribution >= 0.6 is 0 Å². The first kappa shape index (κ1) is 33.3. The topological polar surface area (TPSA) is 124 Å². The average molecular weight is 635 g/mol. The smallest absolute Gasteiger partial charge is 0.264 e. The Labute approximate surface area is 256 Å². The summed E-state index contributed by atoms with van der Waals surface area (Å²) in [6, 6.07) is 6.13. The largest absolute Gasteiger partial charge is 0.543 e. The molecule has 1 saturated heterocycles. The monoisotopic (exact) mass is 634 g/mol. The third kappa shape index (κ3) is 8.97. The lowest BCUT2D eigenvalue weighted by molar-refractivity contribution is -0.0365. The summed E-state index contributed by atoms with van der Waals surface area (Å²) >= 11 is 0. The summed E-state index contributed by atoms with van der Waals surface area (Å²) in [4.78, 5) is 9.13. The van der Waals surface area contributed by atoms with Crippen LogP contribution in [0.15, 0.2) is 30.6 Å². The second-order valence-electron chi connectivity index (χ2n) is 12.8. The van der Waals surface area contributed by atoms with Gasteiger partial charge in [0.1, 0.15) is 23.7 Å². The van der Waals surface area contributed by atoms with Gasteiger partial charge in [0.05, 0.1) is 36.4 Å². The number of aromatic nitrogens is 4. The van der Waals surface area contributed by atoms with Crippen molar-refractivity contribution in [2.75, 3.05) is 26.1 Å². The lowest BCUT2D eigenvalue weighted by atomic mass is 10.1. The van der Waals surface area contributed by atoms with Crippen molar-refractivity contribution in [3.05, 3.63) is 30.6 Å². The van der Waals surface area contributed by atoms with E-state index >= 15 is 0 Å². The Morgan fingerprint density at radius 3 is 2.58 bits per heavy atom. The highest BCUT2D eigenvalue weighted by Gasteiger charge is 2.39. The molecule has 238 valence electrons. The van der Waals surface area contributed by atoms with Gasteiger partial charge in [0.15, 0.2) is 6.23 Å². The molecule has 0 radical (unpaired) electrons. The molecule has 43 heavy (non-hydrogen) atoms. The molecule has 13 heteroatoms. The van der Waals surface area contributed by atoms with Crippen molar-refractivity contribution in [3.63, 3.8) is 0 Å². The van der Waals surface area contributed by atoms with E-state index in [4.69, 9.17) is 32.9 Å². The maximum Gasteiger partial charge on any atom is 0.264 e. The first-order chi connectivity index (χ1) is 20.1. The second-order valence-corrected chi connectivity index (χ2v) is 19.1. The molecule has 1 aliphatic rings. The molecule has 3 heterocycles. The molecule has 3 atom stereocenters. The Morgan fingerprint density at radius 2 is 1.91 bits per heavy atom. The Morgan fingerprint density at radius 1 is 1.14 bits per heavy atom. The third-order valence-electron chi connectivity index (χ3n) is 7.87. The summed E-state index contributed by atoms with van der Waals surface area (Å²) in [5.41, 5.74) is 2.22. The van der Waals surface area contributed by atoms with Crippen molar-refractivity contribution < 1.29 is 31.2 Å². The van der Waals surface area contributed by atoms with E-state index in [2.05, 4.69) is 51.0 Å². The molecule has 0 N–H and O–H groups in total. The van der Waals surface area contributed by atoms with Crippen molar-refractivity contribution in [2.24, 2.45) is 0 Å². The third-order valence-corrected chi connectivity index (χ3v) is 12.9. The molecule has 1 fully saturated rings. The van der Waals surface area contributed by atoms with Gasteiger partial charge >= 0.3 is 0 Å². The summed E-state index contributed by atoms with van der Waals surface area (Å²) in [5.74, 6) is 1.17. The van der Waals surface area contributed by atoms with Crippen LogP contribution in [0.3, 0.4) is 0 Å². The van der Waals surface area contributed by atoms with Crippen LogP contribution in [0.25, 0.3) is 22.3 Å². The first-order valence-corrected chi connectivity index (χ1v) is 19.6. The Bertz CT molecular complexity index is 1480. The van der Waals surface area contributed by atoms with Crippen molar-refractivity contribution >= 4 is 29.3 Å². The van der Waals surface area contributed by atoms with Gasteiger partial charge in [0.25, 0.3) is 10.1 Å². The average Bonchev–Trinajstić information content (AvgIpc) is 3.29. The zero-order valence-electron chi connectivity index (χ0n) is 26.6. The molecule has 4 rings (SSSR count). The fourth-order valence-corrected chi connectivity index (χ4v) is 6.24. The maximum atomic E-state index is 11.3. The fourth-order valence-electron chi connectivity index (χ4n) is 4.52. The lowest BCUT2D eigenvalue weighted by Crippen LogP contribution is -2.43. The van der Waals surface area contributed by atoms with Crippen LogP contribution in [-0.2, 0) is 23.8 Å². The van der Waals surface area contributed by atoms with Crippen molar-refractivity contribution in [3.8, 4) is 23.0 Å². The number of hydrogen-bond donors (Lipinski definition) is 0. The molecule has 0 saturated carbocycles. The number of rotatable bonds is 13. The van der Waals surface area contributed by atoms with E-state index < -0.39 is 24.5 Å². The van der Waals surface area contributed by atoms with Crippen LogP contribution in [-0.4, -0.2) is 74.8 Å². The molecule has 0 bridgehead atoms. The van der Waals surface area contributed by atoms with Crippen LogP contribution in [0, 0.1) is 0 Å². The van der Waals surface area contributed by atoms with Crippen LogP contribution in [0.5, 0.6) is 11.6 Å². The van der Waals surface area contributed by atoms with Gasteiger partial charge < -0.3 is 18.6 Å². The number of benzene rings is 1. The Hall–Kier alpha value is -2.58. The van der Waals surface area contributed by atoms with Crippen molar-refractivity contribution in [1.82, 2.24) is 19.7 Å². The molecule has 11 nitrogen and oxygen atoms in total. The molecular weight excluding hydrogens is 589 g/mol. The van der Waals surface area contributed by atoms with Gasteiger partial charge in [-0.3, -0.25) is 9.17 Å². The number of ether oxygens (including phenoxy) is 3. The van der Waals surface area contributed by atoms with E-state index in [1.54, 1.807) is 19.3 Å². The van der Waals surface area contributed by atoms with Gasteiger partial charge in [0, 0.05) is 18.6 Å². The predicted molar refractivity (Wildman–Crippen MR) is 168 cm³/mol. The molecule has 0 amide bonds. The highest BCUT2D eigenvalue weighted by Crippen LogP contribution is 2.39. The van der Waals surface area contributed by atoms with Crippen LogP contribution < -0.4 is 9.16 Å². The highest BCUT2D eigenvalue weighted by atomic mass is 32.2. The minimum Gasteiger partial charge on any atom is -0.543 e. The minimum absolute atomic E-state index is 0.0606. The molecule has 1 unspecified atom stereocenters. The van der Waals surface area contributed by atoms with Gasteiger partial charge in [-0.25, -0.2) is 9.67 Å². The Balaban J connectivity index is 1.53. The molecule has 1 aliphatic heterocycles.